The van der Waals surface area contributed by atoms with Crippen LogP contribution in [0.3, 0.4) is 0 Å². The zero-order valence-corrected chi connectivity index (χ0v) is 7.65. The van der Waals surface area contributed by atoms with Crippen molar-refractivity contribution >= 4 is 6.03 Å². The highest BCUT2D eigenvalue weighted by Crippen LogP contribution is 1.99. The molecule has 1 unspecified atom stereocenters. The lowest BCUT2D eigenvalue weighted by Crippen LogP contribution is -2.35. The molecule has 0 saturated heterocycles. The molecule has 0 fully saturated rings. The van der Waals surface area contributed by atoms with Gasteiger partial charge in [-0.05, 0) is 5.92 Å². The van der Waals surface area contributed by atoms with Crippen molar-refractivity contribution in [2.24, 2.45) is 5.92 Å². The maximum absolute atomic E-state index is 12.6. The fourth-order valence-corrected chi connectivity index (χ4v) is 0.819. The Morgan fingerprint density at radius 3 is 3.14 bits per heavy atom. The zero-order chi connectivity index (χ0) is 10.4. The third kappa shape index (κ3) is 3.20. The fourth-order valence-electron chi connectivity index (χ4n) is 0.819. The van der Waals surface area contributed by atoms with E-state index in [1.54, 1.807) is 0 Å². The van der Waals surface area contributed by atoms with Gasteiger partial charge in [0.15, 0.2) is 5.83 Å². The van der Waals surface area contributed by atoms with Gasteiger partial charge in [0.05, 0.1) is 5.92 Å². The van der Waals surface area contributed by atoms with Crippen molar-refractivity contribution in [1.82, 2.24) is 10.6 Å². The molecule has 1 rings (SSSR count). The third-order valence-electron chi connectivity index (χ3n) is 1.52. The summed E-state index contributed by atoms with van der Waals surface area (Å²) in [5, 5.41) is 4.94. The number of amides is 2. The van der Waals surface area contributed by atoms with Gasteiger partial charge in [-0.3, -0.25) is 0 Å². The molecular formula is C10H9FN2O. The highest BCUT2D eigenvalue weighted by molar-refractivity contribution is 5.73. The molecule has 4 heteroatoms. The molecule has 1 atom stereocenters. The monoisotopic (exact) mass is 192 g/mol. The number of carbonyl (C=O) groups is 1. The largest absolute Gasteiger partial charge is 0.341 e. The number of nitrogens with one attached hydrogen (secondary N) is 2. The minimum Gasteiger partial charge on any atom is -0.341 e. The second-order valence-corrected chi connectivity index (χ2v) is 2.56. The van der Waals surface area contributed by atoms with Gasteiger partial charge < -0.3 is 10.6 Å². The summed E-state index contributed by atoms with van der Waals surface area (Å²) in [5.41, 5.74) is 0. The Hall–Kier alpha value is -1.94. The van der Waals surface area contributed by atoms with E-state index >= 15 is 0 Å². The molecule has 3 nitrogen and oxygen atoms in total. The summed E-state index contributed by atoms with van der Waals surface area (Å²) in [7, 11) is 1.51. The third-order valence-corrected chi connectivity index (χ3v) is 1.52. The highest BCUT2D eigenvalue weighted by atomic mass is 19.1. The Bertz CT molecular complexity index is 378. The first-order valence-corrected chi connectivity index (χ1v) is 4.06. The number of rotatable bonds is 2. The molecule has 14 heavy (non-hydrogen) atoms. The van der Waals surface area contributed by atoms with Gasteiger partial charge in [0.25, 0.3) is 0 Å². The average Bonchev–Trinajstić information content (AvgIpc) is 2.39. The molecule has 0 radical (unpaired) electrons. The van der Waals surface area contributed by atoms with Gasteiger partial charge in [0, 0.05) is 19.7 Å². The zero-order valence-electron chi connectivity index (χ0n) is 7.65. The van der Waals surface area contributed by atoms with Crippen LogP contribution in [0.15, 0.2) is 11.9 Å². The molecule has 0 bridgehead atoms. The Balaban J connectivity index is 2.47. The second-order valence-electron chi connectivity index (χ2n) is 2.56. The van der Waals surface area contributed by atoms with E-state index in [1.165, 1.54) is 7.05 Å². The van der Waals surface area contributed by atoms with Crippen LogP contribution in [0.2, 0.25) is 0 Å². The Labute approximate surface area is 81.8 Å². The smallest absolute Gasteiger partial charge is 0.314 e. The van der Waals surface area contributed by atoms with Gasteiger partial charge in [-0.25, -0.2) is 4.79 Å². The fraction of sp³-hybridized carbons (Fsp3) is 0.300. The maximum atomic E-state index is 12.6. The number of hydrogen-bond donors (Lipinski definition) is 2. The highest BCUT2D eigenvalue weighted by Gasteiger charge is 2.04. The van der Waals surface area contributed by atoms with E-state index in [-0.39, 0.29) is 11.9 Å². The van der Waals surface area contributed by atoms with Gasteiger partial charge in [0.1, 0.15) is 0 Å². The molecule has 0 heterocycles. The molecule has 72 valence electrons. The first kappa shape index (κ1) is 10.1. The van der Waals surface area contributed by atoms with E-state index < -0.39 is 5.83 Å². The number of carbonyl (C=O) groups excluding carboxylic acids is 1. The summed E-state index contributed by atoms with van der Waals surface area (Å²) in [6.45, 7) is 0.292. The Morgan fingerprint density at radius 1 is 1.64 bits per heavy atom. The van der Waals surface area contributed by atoms with Crippen LogP contribution >= 0.6 is 0 Å². The van der Waals surface area contributed by atoms with Gasteiger partial charge in [-0.1, -0.05) is 17.8 Å². The molecule has 1 aliphatic rings. The van der Waals surface area contributed by atoms with Crippen molar-refractivity contribution < 1.29 is 9.18 Å². The number of allylic oxidation sites excluding steroid dienone is 2. The summed E-state index contributed by atoms with van der Waals surface area (Å²) in [6, 6.07) is -0.300. The van der Waals surface area contributed by atoms with Gasteiger partial charge in [-0.2, -0.15) is 4.39 Å². The summed E-state index contributed by atoms with van der Waals surface area (Å²) in [6.07, 6.45) is 1.12. The molecule has 0 aromatic rings. The van der Waals surface area contributed by atoms with Crippen LogP contribution < -0.4 is 10.6 Å². The van der Waals surface area contributed by atoms with Gasteiger partial charge in [-0.15, -0.1) is 0 Å². The maximum Gasteiger partial charge on any atom is 0.314 e. The van der Waals surface area contributed by atoms with Crippen LogP contribution in [0.5, 0.6) is 0 Å². The second kappa shape index (κ2) is 4.94. The number of hydrogen-bond acceptors (Lipinski definition) is 1. The van der Waals surface area contributed by atoms with Crippen LogP contribution in [0, 0.1) is 29.6 Å². The SMILES string of the molecule is CNC(=O)NCC1C#CC=C(F)C#C1. The number of halogens is 1. The Kier molecular flexibility index (Phi) is 3.58. The predicted octanol–water partition coefficient (Wildman–Crippen LogP) is 0.405. The van der Waals surface area contributed by atoms with E-state index in [0.717, 1.165) is 6.08 Å². The summed E-state index contributed by atoms with van der Waals surface area (Å²) < 4.78 is 12.6. The van der Waals surface area contributed by atoms with Crippen molar-refractivity contribution in [2.45, 2.75) is 0 Å². The van der Waals surface area contributed by atoms with E-state index in [1.807, 2.05) is 0 Å². The lowest BCUT2D eigenvalue weighted by Gasteiger charge is -2.04. The molecule has 0 aromatic carbocycles. The van der Waals surface area contributed by atoms with Crippen molar-refractivity contribution in [2.75, 3.05) is 13.6 Å². The number of urea groups is 1. The minimum atomic E-state index is -0.542. The van der Waals surface area contributed by atoms with Crippen LogP contribution in [0.1, 0.15) is 0 Å². The summed E-state index contributed by atoms with van der Waals surface area (Å²) in [4.78, 5) is 10.8. The molecule has 2 amide bonds. The molecule has 2 N–H and O–H groups in total. The van der Waals surface area contributed by atoms with Gasteiger partial charge >= 0.3 is 6.03 Å². The lowest BCUT2D eigenvalue weighted by molar-refractivity contribution is 0.242. The lowest BCUT2D eigenvalue weighted by atomic mass is 10.1. The van der Waals surface area contributed by atoms with E-state index in [0.29, 0.717) is 6.54 Å². The van der Waals surface area contributed by atoms with Crippen molar-refractivity contribution in [3.63, 3.8) is 0 Å². The molecule has 0 spiro atoms. The van der Waals surface area contributed by atoms with E-state index in [4.69, 9.17) is 0 Å². The first-order valence-electron chi connectivity index (χ1n) is 4.06. The molecule has 0 saturated carbocycles. The predicted molar refractivity (Wildman–Crippen MR) is 50.7 cm³/mol. The molecule has 0 aliphatic heterocycles. The van der Waals surface area contributed by atoms with Crippen LogP contribution in [0.25, 0.3) is 0 Å². The van der Waals surface area contributed by atoms with E-state index in [9.17, 15) is 9.18 Å². The van der Waals surface area contributed by atoms with Crippen LogP contribution in [0.4, 0.5) is 9.18 Å². The van der Waals surface area contributed by atoms with Crippen molar-refractivity contribution in [1.29, 1.82) is 0 Å². The van der Waals surface area contributed by atoms with Crippen LogP contribution in [-0.2, 0) is 0 Å². The van der Waals surface area contributed by atoms with Crippen molar-refractivity contribution in [3.8, 4) is 23.7 Å². The quantitative estimate of drug-likeness (QED) is 0.611. The Morgan fingerprint density at radius 2 is 2.43 bits per heavy atom. The van der Waals surface area contributed by atoms with Crippen LogP contribution in [-0.4, -0.2) is 19.6 Å². The molecular weight excluding hydrogens is 183 g/mol. The van der Waals surface area contributed by atoms with Crippen molar-refractivity contribution in [3.05, 3.63) is 11.9 Å². The van der Waals surface area contributed by atoms with E-state index in [2.05, 4.69) is 34.3 Å². The summed E-state index contributed by atoms with van der Waals surface area (Å²) in [5.74, 6) is 9.24. The van der Waals surface area contributed by atoms with Gasteiger partial charge in [0.2, 0.25) is 0 Å². The molecule has 0 aromatic heterocycles. The average molecular weight is 192 g/mol. The minimum absolute atomic E-state index is 0.292. The molecule has 1 aliphatic carbocycles. The standard InChI is InChI=1S/C10H9FN2O/c1-12-10(14)13-7-8-3-2-4-9(11)6-5-8/h4,8H,7H2,1H3,(H2,12,13,14). The normalized spacial score (nSPS) is 17.6. The summed E-state index contributed by atoms with van der Waals surface area (Å²) >= 11 is 0. The first-order chi connectivity index (χ1) is 6.72. The topological polar surface area (TPSA) is 41.1 Å².